The highest BCUT2D eigenvalue weighted by Gasteiger charge is 2.28. The minimum atomic E-state index is -0.443. The molecule has 1 rings (SSSR count). The summed E-state index contributed by atoms with van der Waals surface area (Å²) >= 11 is 1.11. The van der Waals surface area contributed by atoms with Crippen LogP contribution in [-0.2, 0) is 14.9 Å². The van der Waals surface area contributed by atoms with Crippen molar-refractivity contribution in [1.82, 2.24) is 4.98 Å². The zero-order chi connectivity index (χ0) is 14.6. The predicted octanol–water partition coefficient (Wildman–Crippen LogP) is 1.94. The molecule has 6 nitrogen and oxygen atoms in total. The van der Waals surface area contributed by atoms with E-state index in [9.17, 15) is 9.59 Å². The number of nitrogens with one attached hydrogen (secondary N) is 1. The summed E-state index contributed by atoms with van der Waals surface area (Å²) in [4.78, 5) is 27.9. The van der Waals surface area contributed by atoms with E-state index in [1.54, 1.807) is 0 Å². The quantitative estimate of drug-likeness (QED) is 0.826. The molecule has 1 aromatic heterocycles. The number of ether oxygens (including phenoxy) is 1. The van der Waals surface area contributed by atoms with Crippen LogP contribution in [0.3, 0.4) is 0 Å². The molecular weight excluding hydrogens is 302 g/mol. The van der Waals surface area contributed by atoms with E-state index in [0.29, 0.717) is 15.7 Å². The van der Waals surface area contributed by atoms with Gasteiger partial charge in [0.15, 0.2) is 5.13 Å². The average molecular weight is 322 g/mol. The molecular formula is C12H20ClN3O3S. The van der Waals surface area contributed by atoms with E-state index >= 15 is 0 Å². The molecule has 0 aromatic carbocycles. The second-order valence-corrected chi connectivity index (χ2v) is 6.02. The summed E-state index contributed by atoms with van der Waals surface area (Å²) in [6, 6.07) is 0. The summed E-state index contributed by atoms with van der Waals surface area (Å²) in [5.74, 6) is -0.658. The van der Waals surface area contributed by atoms with Gasteiger partial charge in [0, 0.05) is 18.4 Å². The minimum Gasteiger partial charge on any atom is -0.465 e. The Bertz CT molecular complexity index is 483. The second-order valence-electron chi connectivity index (χ2n) is 5.03. The first-order valence-corrected chi connectivity index (χ1v) is 6.70. The van der Waals surface area contributed by atoms with Crippen molar-refractivity contribution >= 4 is 40.8 Å². The number of nitrogens with zero attached hydrogens (tertiary/aromatic N) is 1. The van der Waals surface area contributed by atoms with Crippen LogP contribution in [0.15, 0.2) is 0 Å². The summed E-state index contributed by atoms with van der Waals surface area (Å²) in [7, 11) is 1.32. The van der Waals surface area contributed by atoms with E-state index < -0.39 is 5.97 Å². The van der Waals surface area contributed by atoms with Gasteiger partial charge in [-0.25, -0.2) is 9.78 Å². The molecule has 0 aliphatic heterocycles. The third kappa shape index (κ3) is 4.73. The highest BCUT2D eigenvalue weighted by molar-refractivity contribution is 7.17. The van der Waals surface area contributed by atoms with Crippen molar-refractivity contribution < 1.29 is 14.3 Å². The SMILES string of the molecule is COC(=O)c1sc(NC(=O)CCN)nc1C(C)(C)C.Cl. The molecule has 0 saturated heterocycles. The summed E-state index contributed by atoms with van der Waals surface area (Å²) < 4.78 is 4.74. The van der Waals surface area contributed by atoms with Crippen LogP contribution in [-0.4, -0.2) is 30.5 Å². The Labute approximate surface area is 128 Å². The highest BCUT2D eigenvalue weighted by atomic mass is 35.5. The molecule has 1 aromatic rings. The molecule has 0 aliphatic rings. The molecule has 0 bridgehead atoms. The van der Waals surface area contributed by atoms with Crippen LogP contribution >= 0.6 is 23.7 Å². The number of rotatable bonds is 4. The molecule has 0 aliphatic carbocycles. The number of anilines is 1. The van der Waals surface area contributed by atoms with Crippen molar-refractivity contribution in [1.29, 1.82) is 0 Å². The van der Waals surface area contributed by atoms with Gasteiger partial charge in [0.25, 0.3) is 0 Å². The van der Waals surface area contributed by atoms with Crippen LogP contribution < -0.4 is 11.1 Å². The van der Waals surface area contributed by atoms with Gasteiger partial charge in [-0.1, -0.05) is 32.1 Å². The number of nitrogens with two attached hydrogens (primary N) is 1. The number of thiazole rings is 1. The number of hydrogen-bond donors (Lipinski definition) is 2. The van der Waals surface area contributed by atoms with Crippen molar-refractivity contribution in [2.45, 2.75) is 32.6 Å². The maximum absolute atomic E-state index is 11.7. The van der Waals surface area contributed by atoms with Gasteiger partial charge in [-0.05, 0) is 0 Å². The zero-order valence-electron chi connectivity index (χ0n) is 12.0. The topological polar surface area (TPSA) is 94.3 Å². The van der Waals surface area contributed by atoms with E-state index in [1.807, 2.05) is 20.8 Å². The highest BCUT2D eigenvalue weighted by Crippen LogP contribution is 2.32. The van der Waals surface area contributed by atoms with Crippen molar-refractivity contribution in [3.8, 4) is 0 Å². The Kier molecular flexibility index (Phi) is 7.12. The van der Waals surface area contributed by atoms with Gasteiger partial charge in [0.05, 0.1) is 12.8 Å². The molecule has 8 heteroatoms. The molecule has 0 spiro atoms. The van der Waals surface area contributed by atoms with Gasteiger partial charge in [0.2, 0.25) is 5.91 Å². The molecule has 114 valence electrons. The van der Waals surface area contributed by atoms with Gasteiger partial charge in [0.1, 0.15) is 4.88 Å². The average Bonchev–Trinajstić information content (AvgIpc) is 2.72. The molecule has 1 heterocycles. The maximum Gasteiger partial charge on any atom is 0.350 e. The Balaban J connectivity index is 0.00000361. The smallest absolute Gasteiger partial charge is 0.350 e. The first-order chi connectivity index (χ1) is 8.79. The fourth-order valence-corrected chi connectivity index (χ4v) is 2.54. The summed E-state index contributed by atoms with van der Waals surface area (Å²) in [6.07, 6.45) is 0.220. The number of aromatic nitrogens is 1. The monoisotopic (exact) mass is 321 g/mol. The van der Waals surface area contributed by atoms with Crippen molar-refractivity contribution in [3.63, 3.8) is 0 Å². The molecule has 0 atom stereocenters. The van der Waals surface area contributed by atoms with Crippen LogP contribution in [0.1, 0.15) is 42.6 Å². The van der Waals surface area contributed by atoms with Crippen LogP contribution in [0.2, 0.25) is 0 Å². The van der Waals surface area contributed by atoms with Gasteiger partial charge in [-0.15, -0.1) is 12.4 Å². The van der Waals surface area contributed by atoms with Crippen LogP contribution in [0.4, 0.5) is 5.13 Å². The number of methoxy groups -OCH3 is 1. The molecule has 1 amide bonds. The summed E-state index contributed by atoms with van der Waals surface area (Å²) in [5, 5.41) is 3.03. The number of carbonyl (C=O) groups excluding carboxylic acids is 2. The van der Waals surface area contributed by atoms with E-state index in [1.165, 1.54) is 7.11 Å². The van der Waals surface area contributed by atoms with Crippen molar-refractivity contribution in [2.75, 3.05) is 19.0 Å². The molecule has 20 heavy (non-hydrogen) atoms. The second kappa shape index (κ2) is 7.56. The molecule has 0 fully saturated rings. The third-order valence-electron chi connectivity index (χ3n) is 2.33. The molecule has 0 saturated carbocycles. The van der Waals surface area contributed by atoms with Crippen LogP contribution in [0, 0.1) is 0 Å². The van der Waals surface area contributed by atoms with Crippen molar-refractivity contribution in [3.05, 3.63) is 10.6 Å². The number of esters is 1. The van der Waals surface area contributed by atoms with Gasteiger partial charge in [-0.3, -0.25) is 4.79 Å². The Morgan fingerprint density at radius 2 is 2.00 bits per heavy atom. The first kappa shape index (κ1) is 18.8. The van der Waals surface area contributed by atoms with Gasteiger partial charge < -0.3 is 15.8 Å². The summed E-state index contributed by atoms with van der Waals surface area (Å²) in [6.45, 7) is 6.10. The standard InChI is InChI=1S/C12H19N3O3S.ClH/c1-12(2,3)9-8(10(17)18-4)19-11(15-9)14-7(16)5-6-13;/h5-6,13H2,1-4H3,(H,14,15,16);1H. The lowest BCUT2D eigenvalue weighted by atomic mass is 9.91. The largest absolute Gasteiger partial charge is 0.465 e. The lowest BCUT2D eigenvalue weighted by molar-refractivity contribution is -0.116. The number of carbonyl (C=O) groups is 2. The third-order valence-corrected chi connectivity index (χ3v) is 3.28. The molecule has 3 N–H and O–H groups in total. The van der Waals surface area contributed by atoms with Crippen LogP contribution in [0.25, 0.3) is 0 Å². The Morgan fingerprint density at radius 1 is 1.40 bits per heavy atom. The number of amides is 1. The predicted molar refractivity (Wildman–Crippen MR) is 81.7 cm³/mol. The number of hydrogen-bond acceptors (Lipinski definition) is 6. The zero-order valence-corrected chi connectivity index (χ0v) is 13.6. The number of halogens is 1. The fourth-order valence-electron chi connectivity index (χ4n) is 1.43. The van der Waals surface area contributed by atoms with E-state index in [-0.39, 0.29) is 36.7 Å². The first-order valence-electron chi connectivity index (χ1n) is 5.89. The minimum absolute atomic E-state index is 0. The molecule has 0 radical (unpaired) electrons. The van der Waals surface area contributed by atoms with Gasteiger partial charge >= 0.3 is 5.97 Å². The maximum atomic E-state index is 11.7. The Hall–Kier alpha value is -1.18. The Morgan fingerprint density at radius 3 is 2.45 bits per heavy atom. The van der Waals surface area contributed by atoms with E-state index in [0.717, 1.165) is 11.3 Å². The normalized spacial score (nSPS) is 10.7. The summed E-state index contributed by atoms with van der Waals surface area (Å²) in [5.41, 5.74) is 5.61. The lowest BCUT2D eigenvalue weighted by Gasteiger charge is -2.16. The lowest BCUT2D eigenvalue weighted by Crippen LogP contribution is -2.18. The van der Waals surface area contributed by atoms with Crippen LogP contribution in [0.5, 0.6) is 0 Å². The molecule has 0 unspecified atom stereocenters. The fraction of sp³-hybridized carbons (Fsp3) is 0.583. The van der Waals surface area contributed by atoms with Gasteiger partial charge in [-0.2, -0.15) is 0 Å². The van der Waals surface area contributed by atoms with E-state index in [2.05, 4.69) is 10.3 Å². The van der Waals surface area contributed by atoms with E-state index in [4.69, 9.17) is 10.5 Å². The van der Waals surface area contributed by atoms with Crippen molar-refractivity contribution in [2.24, 2.45) is 5.73 Å².